The number of thioether (sulfide) groups is 1. The van der Waals surface area contributed by atoms with Crippen molar-refractivity contribution in [3.8, 4) is 0 Å². The summed E-state index contributed by atoms with van der Waals surface area (Å²) in [4.78, 5) is 48.9. The van der Waals surface area contributed by atoms with Crippen LogP contribution in [-0.2, 0) is 20.9 Å². The van der Waals surface area contributed by atoms with E-state index in [-0.39, 0.29) is 29.9 Å². The van der Waals surface area contributed by atoms with E-state index in [1.54, 1.807) is 12.1 Å². The zero-order valence-electron chi connectivity index (χ0n) is 28.9. The van der Waals surface area contributed by atoms with E-state index in [9.17, 15) is 14.4 Å². The van der Waals surface area contributed by atoms with Crippen LogP contribution in [0, 0.1) is 0 Å². The van der Waals surface area contributed by atoms with Gasteiger partial charge in [0.2, 0.25) is 11.9 Å². The van der Waals surface area contributed by atoms with E-state index < -0.39 is 6.04 Å². The Balaban J connectivity index is 1.30. The van der Waals surface area contributed by atoms with Crippen LogP contribution >= 0.6 is 11.8 Å². The van der Waals surface area contributed by atoms with Crippen LogP contribution in [0.1, 0.15) is 109 Å². The van der Waals surface area contributed by atoms with Crippen LogP contribution in [0.25, 0.3) is 11.2 Å². The minimum absolute atomic E-state index is 0.159. The van der Waals surface area contributed by atoms with Crippen LogP contribution in [0.15, 0.2) is 29.1 Å². The van der Waals surface area contributed by atoms with E-state index in [1.807, 2.05) is 12.1 Å². The summed E-state index contributed by atoms with van der Waals surface area (Å²) < 4.78 is 6.85. The van der Waals surface area contributed by atoms with E-state index >= 15 is 0 Å². The maximum Gasteiger partial charge on any atom is 0.328 e. The van der Waals surface area contributed by atoms with Gasteiger partial charge in [-0.2, -0.15) is 21.7 Å². The van der Waals surface area contributed by atoms with Crippen molar-refractivity contribution in [3.63, 3.8) is 0 Å². The number of unbranched alkanes of at least 4 members (excludes halogenated alkanes) is 11. The SMILES string of the molecule is CCCCCCCCCCCCCC(=O)OCCSCC(N)C(=O)Nc1ccc(Cn2c(=O)[nH]c3c(N)nc(NCCCC)nc32)cc1. The second-order valence-electron chi connectivity index (χ2n) is 12.3. The van der Waals surface area contributed by atoms with Crippen LogP contribution < -0.4 is 27.8 Å². The Morgan fingerprint density at radius 1 is 0.938 bits per heavy atom. The average Bonchev–Trinajstić information content (AvgIpc) is 3.39. The average molecular weight is 685 g/mol. The van der Waals surface area contributed by atoms with Gasteiger partial charge in [0.25, 0.3) is 0 Å². The van der Waals surface area contributed by atoms with Gasteiger partial charge in [-0.05, 0) is 30.5 Å². The van der Waals surface area contributed by atoms with Gasteiger partial charge in [-0.15, -0.1) is 0 Å². The Morgan fingerprint density at radius 2 is 1.58 bits per heavy atom. The molecule has 2 aromatic heterocycles. The third-order valence-corrected chi connectivity index (χ3v) is 9.19. The molecule has 0 saturated carbocycles. The molecule has 0 radical (unpaired) electrons. The number of hydrogen-bond donors (Lipinski definition) is 5. The largest absolute Gasteiger partial charge is 0.465 e. The Morgan fingerprint density at radius 3 is 2.25 bits per heavy atom. The molecule has 3 aromatic rings. The van der Waals surface area contributed by atoms with E-state index in [0.29, 0.717) is 53.9 Å². The molecule has 0 bridgehead atoms. The number of anilines is 3. The van der Waals surface area contributed by atoms with Gasteiger partial charge in [-0.1, -0.05) is 96.6 Å². The maximum absolute atomic E-state index is 12.7. The maximum atomic E-state index is 12.7. The lowest BCUT2D eigenvalue weighted by molar-refractivity contribution is -0.143. The molecule has 48 heavy (non-hydrogen) atoms. The summed E-state index contributed by atoms with van der Waals surface area (Å²) in [7, 11) is 0. The summed E-state index contributed by atoms with van der Waals surface area (Å²) in [6, 6.07) is 6.48. The van der Waals surface area contributed by atoms with Gasteiger partial charge in [0.15, 0.2) is 11.5 Å². The summed E-state index contributed by atoms with van der Waals surface area (Å²) in [5, 5.41) is 5.99. The molecule has 0 aliphatic carbocycles. The fraction of sp³-hybridized carbons (Fsp3) is 0.629. The highest BCUT2D eigenvalue weighted by Crippen LogP contribution is 2.19. The fourth-order valence-electron chi connectivity index (χ4n) is 5.27. The summed E-state index contributed by atoms with van der Waals surface area (Å²) >= 11 is 1.48. The quantitative estimate of drug-likeness (QED) is 0.0508. The number of carbonyl (C=O) groups is 2. The molecular weight excluding hydrogens is 629 g/mol. The van der Waals surface area contributed by atoms with Gasteiger partial charge in [0.1, 0.15) is 12.1 Å². The van der Waals surface area contributed by atoms with Gasteiger partial charge in [-0.25, -0.2) is 4.79 Å². The van der Waals surface area contributed by atoms with Gasteiger partial charge >= 0.3 is 11.7 Å². The normalized spacial score (nSPS) is 11.9. The first-order valence-electron chi connectivity index (χ1n) is 17.7. The first-order chi connectivity index (χ1) is 23.3. The van der Waals surface area contributed by atoms with Crippen molar-refractivity contribution >= 4 is 52.3 Å². The van der Waals surface area contributed by atoms with Crippen LogP contribution in [0.4, 0.5) is 17.5 Å². The number of amides is 1. The van der Waals surface area contributed by atoms with Crippen molar-refractivity contribution in [2.75, 3.05) is 41.0 Å². The molecule has 1 amide bonds. The zero-order chi connectivity index (χ0) is 34.6. The number of imidazole rings is 1. The van der Waals surface area contributed by atoms with E-state index in [0.717, 1.165) is 31.2 Å². The molecule has 1 atom stereocenters. The number of fused-ring (bicyclic) bond motifs is 1. The van der Waals surface area contributed by atoms with Crippen molar-refractivity contribution in [1.29, 1.82) is 0 Å². The minimum atomic E-state index is -0.711. The van der Waals surface area contributed by atoms with Crippen LogP contribution in [0.3, 0.4) is 0 Å². The Hall–Kier alpha value is -3.58. The number of aromatic nitrogens is 4. The minimum Gasteiger partial charge on any atom is -0.465 e. The lowest BCUT2D eigenvalue weighted by atomic mass is 10.1. The number of hydrogen-bond acceptors (Lipinski definition) is 10. The Labute approximate surface area is 289 Å². The van der Waals surface area contributed by atoms with Crippen molar-refractivity contribution in [3.05, 3.63) is 40.3 Å². The molecule has 3 rings (SSSR count). The Kier molecular flexibility index (Phi) is 17.9. The number of benzene rings is 1. The lowest BCUT2D eigenvalue weighted by Crippen LogP contribution is -2.37. The molecule has 12 nitrogen and oxygen atoms in total. The molecule has 0 spiro atoms. The van der Waals surface area contributed by atoms with E-state index in [2.05, 4.69) is 39.4 Å². The molecule has 0 fully saturated rings. The number of nitrogens with one attached hydrogen (secondary N) is 3. The molecule has 7 N–H and O–H groups in total. The molecule has 13 heteroatoms. The summed E-state index contributed by atoms with van der Waals surface area (Å²) in [6.07, 6.45) is 16.1. The number of H-pyrrole nitrogens is 1. The molecule has 0 aliphatic heterocycles. The first-order valence-corrected chi connectivity index (χ1v) is 18.9. The number of esters is 1. The predicted octanol–water partition coefficient (Wildman–Crippen LogP) is 6.21. The van der Waals surface area contributed by atoms with Crippen molar-refractivity contribution < 1.29 is 14.3 Å². The number of ether oxygens (including phenoxy) is 1. The molecule has 2 heterocycles. The monoisotopic (exact) mass is 684 g/mol. The lowest BCUT2D eigenvalue weighted by Gasteiger charge is -2.13. The summed E-state index contributed by atoms with van der Waals surface area (Å²) in [6.45, 7) is 5.62. The standard InChI is InChI=1S/C35H56N8O4S/c1-3-5-7-8-9-10-11-12-13-14-15-16-29(44)47-22-23-48-25-28(36)33(45)39-27-19-17-26(18-20-27)24-43-32-30(40-35(43)46)31(37)41-34(42-32)38-21-6-4-2/h17-20,28H,3-16,21-25,36H2,1-2H3,(H,39,45)(H,40,46)(H3,37,38,41,42). The molecule has 1 aromatic carbocycles. The Bertz CT molecular complexity index is 1440. The van der Waals surface area contributed by atoms with Gasteiger partial charge in [0.05, 0.1) is 12.6 Å². The molecule has 0 saturated heterocycles. The van der Waals surface area contributed by atoms with Crippen LogP contribution in [0.5, 0.6) is 0 Å². The highest BCUT2D eigenvalue weighted by atomic mass is 32.2. The van der Waals surface area contributed by atoms with Crippen molar-refractivity contribution in [2.45, 2.75) is 116 Å². The van der Waals surface area contributed by atoms with E-state index in [4.69, 9.17) is 16.2 Å². The topological polar surface area (TPSA) is 183 Å². The van der Waals surface area contributed by atoms with Crippen LogP contribution in [-0.4, -0.2) is 62.1 Å². The molecule has 266 valence electrons. The number of aromatic amines is 1. The van der Waals surface area contributed by atoms with Crippen LogP contribution in [0.2, 0.25) is 0 Å². The highest BCUT2D eigenvalue weighted by molar-refractivity contribution is 7.99. The zero-order valence-corrected chi connectivity index (χ0v) is 29.7. The number of carbonyl (C=O) groups excluding carboxylic acids is 2. The van der Waals surface area contributed by atoms with Crippen molar-refractivity contribution in [1.82, 2.24) is 19.5 Å². The number of nitrogens with two attached hydrogens (primary N) is 2. The van der Waals surface area contributed by atoms with Gasteiger partial charge < -0.3 is 31.8 Å². The number of nitrogen functional groups attached to an aromatic ring is 1. The van der Waals surface area contributed by atoms with Gasteiger partial charge in [0, 0.05) is 30.2 Å². The summed E-state index contributed by atoms with van der Waals surface area (Å²) in [5.41, 5.74) is 14.1. The predicted molar refractivity (Wildman–Crippen MR) is 197 cm³/mol. The third kappa shape index (κ3) is 13.9. The van der Waals surface area contributed by atoms with Gasteiger partial charge in [-0.3, -0.25) is 14.2 Å². The third-order valence-electron chi connectivity index (χ3n) is 8.14. The smallest absolute Gasteiger partial charge is 0.328 e. The molecular formula is C35H56N8O4S. The second-order valence-corrected chi connectivity index (χ2v) is 13.5. The summed E-state index contributed by atoms with van der Waals surface area (Å²) in [5.74, 6) is 1.12. The van der Waals surface area contributed by atoms with E-state index in [1.165, 1.54) is 74.1 Å². The van der Waals surface area contributed by atoms with Crippen molar-refractivity contribution in [2.24, 2.45) is 5.73 Å². The second kappa shape index (κ2) is 22.1. The highest BCUT2D eigenvalue weighted by Gasteiger charge is 2.16. The fourth-order valence-corrected chi connectivity index (χ4v) is 6.04. The number of rotatable bonds is 25. The molecule has 1 unspecified atom stereocenters. The molecule has 0 aliphatic rings. The first kappa shape index (κ1) is 38.9. The number of nitrogens with zero attached hydrogens (tertiary/aromatic N) is 3.